The molecule has 0 amide bonds. The van der Waals surface area contributed by atoms with E-state index in [4.69, 9.17) is 0 Å². The van der Waals surface area contributed by atoms with Crippen LogP contribution in [0.4, 0.5) is 0 Å². The minimum Gasteiger partial charge on any atom is -0.0729 e. The number of allylic oxidation sites excluding steroid dienone is 4. The van der Waals surface area contributed by atoms with Crippen LogP contribution in [0.25, 0.3) is 10.8 Å². The van der Waals surface area contributed by atoms with Crippen molar-refractivity contribution in [1.29, 1.82) is 0 Å². The average Bonchev–Trinajstić information content (AvgIpc) is 2.52. The van der Waals surface area contributed by atoms with Crippen molar-refractivity contribution in [3.8, 4) is 0 Å². The van der Waals surface area contributed by atoms with Crippen LogP contribution in [0.2, 0.25) is 0 Å². The Hall–Kier alpha value is -1.34. The largest absolute Gasteiger partial charge is 0.0729 e. The van der Waals surface area contributed by atoms with Gasteiger partial charge in [0.05, 0.1) is 0 Å². The van der Waals surface area contributed by atoms with Crippen LogP contribution in [0.3, 0.4) is 0 Å². The van der Waals surface area contributed by atoms with Crippen molar-refractivity contribution in [1.82, 2.24) is 0 Å². The Morgan fingerprint density at radius 3 is 2.12 bits per heavy atom. The first-order chi connectivity index (χ1) is 11.6. The summed E-state index contributed by atoms with van der Waals surface area (Å²) in [6, 6.07) is 13.2. The van der Waals surface area contributed by atoms with Gasteiger partial charge in [-0.1, -0.05) is 106 Å². The lowest BCUT2D eigenvalue weighted by Gasteiger charge is -2.34. The van der Waals surface area contributed by atoms with Gasteiger partial charge in [-0.05, 0) is 45.2 Å². The highest BCUT2D eigenvalue weighted by Gasteiger charge is 2.29. The molecule has 0 aromatic heterocycles. The van der Waals surface area contributed by atoms with E-state index in [0.29, 0.717) is 5.92 Å². The predicted octanol–water partition coefficient (Wildman–Crippen LogP) is 8.03. The minimum absolute atomic E-state index is 0.164. The van der Waals surface area contributed by atoms with Gasteiger partial charge < -0.3 is 0 Å². The lowest BCUT2D eigenvalue weighted by Crippen LogP contribution is -2.20. The van der Waals surface area contributed by atoms with E-state index in [1.54, 1.807) is 5.57 Å². The van der Waals surface area contributed by atoms with Crippen molar-refractivity contribution in [2.45, 2.75) is 53.9 Å². The number of halogens is 1. The number of rotatable bonds is 1. The van der Waals surface area contributed by atoms with Gasteiger partial charge in [0.25, 0.3) is 0 Å². The lowest BCUT2D eigenvalue weighted by molar-refractivity contribution is 0.455. The molecule has 3 rings (SSSR count). The van der Waals surface area contributed by atoms with Crippen molar-refractivity contribution >= 4 is 26.7 Å². The van der Waals surface area contributed by atoms with E-state index in [-0.39, 0.29) is 10.8 Å². The number of hydrogen-bond acceptors (Lipinski definition) is 0. The van der Waals surface area contributed by atoms with Crippen molar-refractivity contribution in [3.05, 3.63) is 69.7 Å². The molecule has 0 saturated carbocycles. The molecule has 0 heterocycles. The molecule has 2 aromatic carbocycles. The topological polar surface area (TPSA) is 0 Å². The quantitative estimate of drug-likeness (QED) is 0.457. The van der Waals surface area contributed by atoms with E-state index in [9.17, 15) is 0 Å². The summed E-state index contributed by atoms with van der Waals surface area (Å²) in [5.74, 6) is 0.427. The van der Waals surface area contributed by atoms with Gasteiger partial charge in [-0.3, -0.25) is 0 Å². The highest BCUT2D eigenvalue weighted by Crippen LogP contribution is 2.45. The Labute approximate surface area is 161 Å². The van der Waals surface area contributed by atoms with Crippen molar-refractivity contribution < 1.29 is 0 Å². The second kappa shape index (κ2) is 6.43. The summed E-state index contributed by atoms with van der Waals surface area (Å²) < 4.78 is 1.19. The second-order valence-electron chi connectivity index (χ2n) is 9.29. The third-order valence-electron chi connectivity index (χ3n) is 5.27. The monoisotopic (exact) mass is 396 g/mol. The molecule has 1 heteroatoms. The van der Waals surface area contributed by atoms with Crippen LogP contribution >= 0.6 is 15.9 Å². The van der Waals surface area contributed by atoms with E-state index in [0.717, 1.165) is 6.42 Å². The van der Waals surface area contributed by atoms with Crippen LogP contribution in [0.1, 0.15) is 59.4 Å². The zero-order chi connectivity index (χ0) is 18.4. The smallest absolute Gasteiger partial charge is 0.0256 e. The van der Waals surface area contributed by atoms with Crippen LogP contribution in [-0.4, -0.2) is 0 Å². The van der Waals surface area contributed by atoms with Crippen LogP contribution in [-0.2, 0) is 0 Å². The molecule has 0 radical (unpaired) electrons. The third kappa shape index (κ3) is 3.77. The Bertz CT molecular complexity index is 849. The fraction of sp³-hybridized carbons (Fsp3) is 0.417. The first-order valence-corrected chi connectivity index (χ1v) is 9.97. The highest BCUT2D eigenvalue weighted by atomic mass is 79.9. The molecule has 132 valence electrons. The first kappa shape index (κ1) is 18.5. The van der Waals surface area contributed by atoms with Gasteiger partial charge in [-0.15, -0.1) is 0 Å². The van der Waals surface area contributed by atoms with Gasteiger partial charge in [0.15, 0.2) is 0 Å². The zero-order valence-electron chi connectivity index (χ0n) is 16.3. The van der Waals surface area contributed by atoms with Crippen molar-refractivity contribution in [2.75, 3.05) is 0 Å². The molecule has 0 bridgehead atoms. The summed E-state index contributed by atoms with van der Waals surface area (Å²) in [7, 11) is 0. The van der Waals surface area contributed by atoms with Crippen LogP contribution < -0.4 is 0 Å². The molecule has 0 saturated heterocycles. The maximum atomic E-state index is 3.79. The number of fused-ring (bicyclic) bond motifs is 1. The van der Waals surface area contributed by atoms with Gasteiger partial charge in [0.1, 0.15) is 0 Å². The fourth-order valence-electron chi connectivity index (χ4n) is 3.63. The van der Waals surface area contributed by atoms with Crippen molar-refractivity contribution in [2.24, 2.45) is 10.8 Å². The summed E-state index contributed by atoms with van der Waals surface area (Å²) in [6.07, 6.45) is 6.06. The SMILES string of the molecule is CC(C)(C)C1=CC(c2cccc3cccc(Br)c23)CC(C(C)(C)C)=C1. The predicted molar refractivity (Wildman–Crippen MR) is 114 cm³/mol. The summed E-state index contributed by atoms with van der Waals surface area (Å²) in [6.45, 7) is 14.0. The summed E-state index contributed by atoms with van der Waals surface area (Å²) in [5.41, 5.74) is 4.80. The molecule has 2 aromatic rings. The summed E-state index contributed by atoms with van der Waals surface area (Å²) >= 11 is 3.79. The van der Waals surface area contributed by atoms with E-state index in [1.165, 1.54) is 26.4 Å². The van der Waals surface area contributed by atoms with Crippen LogP contribution in [0.15, 0.2) is 64.2 Å². The number of benzene rings is 2. The van der Waals surface area contributed by atoms with Gasteiger partial charge in [0, 0.05) is 10.4 Å². The first-order valence-electron chi connectivity index (χ1n) is 9.18. The second-order valence-corrected chi connectivity index (χ2v) is 10.1. The molecular formula is C24H29Br. The molecule has 25 heavy (non-hydrogen) atoms. The molecule has 0 spiro atoms. The van der Waals surface area contributed by atoms with Gasteiger partial charge in [-0.25, -0.2) is 0 Å². The number of hydrogen-bond donors (Lipinski definition) is 0. The third-order valence-corrected chi connectivity index (χ3v) is 5.93. The molecule has 0 N–H and O–H groups in total. The minimum atomic E-state index is 0.164. The molecule has 1 unspecified atom stereocenters. The molecule has 0 fully saturated rings. The van der Waals surface area contributed by atoms with Gasteiger partial charge in [0.2, 0.25) is 0 Å². The Kier molecular flexibility index (Phi) is 4.75. The average molecular weight is 397 g/mol. The summed E-state index contributed by atoms with van der Waals surface area (Å²) in [4.78, 5) is 0. The zero-order valence-corrected chi connectivity index (χ0v) is 17.9. The molecule has 1 aliphatic carbocycles. The fourth-order valence-corrected chi connectivity index (χ4v) is 4.24. The molecule has 1 atom stereocenters. The van der Waals surface area contributed by atoms with E-state index in [2.05, 4.69) is 106 Å². The Morgan fingerprint density at radius 2 is 1.52 bits per heavy atom. The van der Waals surface area contributed by atoms with Gasteiger partial charge in [-0.2, -0.15) is 0 Å². The standard InChI is InChI=1S/C24H29Br/c1-23(2,3)18-13-17(14-19(15-18)24(4,5)6)20-11-7-9-16-10-8-12-21(25)22(16)20/h7-13,15,17H,14H2,1-6H3. The highest BCUT2D eigenvalue weighted by molar-refractivity contribution is 9.10. The molecule has 1 aliphatic rings. The maximum absolute atomic E-state index is 3.79. The Balaban J connectivity index is 2.18. The van der Waals surface area contributed by atoms with Gasteiger partial charge >= 0.3 is 0 Å². The Morgan fingerprint density at radius 1 is 0.880 bits per heavy atom. The molecule has 0 aliphatic heterocycles. The molecule has 0 nitrogen and oxygen atoms in total. The van der Waals surface area contributed by atoms with Crippen molar-refractivity contribution in [3.63, 3.8) is 0 Å². The summed E-state index contributed by atoms with van der Waals surface area (Å²) in [5, 5.41) is 2.67. The normalized spacial score (nSPS) is 18.9. The van der Waals surface area contributed by atoms with E-state index >= 15 is 0 Å². The van der Waals surface area contributed by atoms with Crippen LogP contribution in [0.5, 0.6) is 0 Å². The van der Waals surface area contributed by atoms with E-state index in [1.807, 2.05) is 0 Å². The maximum Gasteiger partial charge on any atom is 0.0256 e. The van der Waals surface area contributed by atoms with Crippen LogP contribution in [0, 0.1) is 10.8 Å². The van der Waals surface area contributed by atoms with E-state index < -0.39 is 0 Å². The lowest BCUT2D eigenvalue weighted by atomic mass is 9.71. The molecular weight excluding hydrogens is 368 g/mol.